The van der Waals surface area contributed by atoms with Gasteiger partial charge in [-0.25, -0.2) is 4.98 Å². The average Bonchev–Trinajstić information content (AvgIpc) is 2.76. The van der Waals surface area contributed by atoms with Gasteiger partial charge in [0.1, 0.15) is 16.7 Å². The van der Waals surface area contributed by atoms with Crippen LogP contribution in [0.3, 0.4) is 0 Å². The predicted molar refractivity (Wildman–Crippen MR) is 118 cm³/mol. The molecule has 0 N–H and O–H groups in total. The molecule has 1 amide bonds. The molecule has 3 rings (SSSR count). The Morgan fingerprint density at radius 2 is 1.73 bits per heavy atom. The van der Waals surface area contributed by atoms with Gasteiger partial charge < -0.3 is 19.1 Å². The molecule has 0 unspecified atom stereocenters. The van der Waals surface area contributed by atoms with Crippen LogP contribution in [-0.2, 0) is 11.3 Å². The second kappa shape index (κ2) is 9.78. The van der Waals surface area contributed by atoms with Gasteiger partial charge in [-0.05, 0) is 37.3 Å². The summed E-state index contributed by atoms with van der Waals surface area (Å²) in [7, 11) is 4.70. The molecule has 1 aromatic heterocycles. The molecule has 0 saturated carbocycles. The van der Waals surface area contributed by atoms with E-state index in [1.165, 1.54) is 0 Å². The number of hydrogen-bond acceptors (Lipinski definition) is 5. The van der Waals surface area contributed by atoms with Crippen molar-refractivity contribution in [3.05, 3.63) is 64.3 Å². The molecular formula is C23H25ClN2O4. The summed E-state index contributed by atoms with van der Waals surface area (Å²) < 4.78 is 15.8. The number of ether oxygens (including phenoxy) is 3. The number of pyridine rings is 1. The van der Waals surface area contributed by atoms with Crippen LogP contribution in [0, 0.1) is 6.92 Å². The number of benzene rings is 2. The van der Waals surface area contributed by atoms with Crippen molar-refractivity contribution in [2.45, 2.75) is 13.5 Å². The zero-order valence-corrected chi connectivity index (χ0v) is 18.3. The Bertz CT molecular complexity index is 1030. The maximum atomic E-state index is 13.3. The Balaban J connectivity index is 1.96. The van der Waals surface area contributed by atoms with Crippen LogP contribution in [0.1, 0.15) is 21.5 Å². The zero-order valence-electron chi connectivity index (χ0n) is 17.6. The lowest BCUT2D eigenvalue weighted by Crippen LogP contribution is -2.33. The largest absolute Gasteiger partial charge is 0.497 e. The van der Waals surface area contributed by atoms with Crippen molar-refractivity contribution in [3.63, 3.8) is 0 Å². The summed E-state index contributed by atoms with van der Waals surface area (Å²) in [4.78, 5) is 19.5. The molecule has 0 spiro atoms. The first kappa shape index (κ1) is 21.9. The minimum Gasteiger partial charge on any atom is -0.497 e. The number of aromatic nitrogens is 1. The standard InChI is InChI=1S/C23H25ClN2O4/c1-15-5-6-21-16(9-15)10-18(22(24)25-21)14-26(7-8-28-2)23(27)17-11-19(29-3)13-20(12-17)30-4/h5-6,9-13H,7-8,14H2,1-4H3. The summed E-state index contributed by atoms with van der Waals surface area (Å²) in [5.74, 6) is 0.917. The van der Waals surface area contributed by atoms with Crippen molar-refractivity contribution in [2.24, 2.45) is 0 Å². The molecule has 0 aliphatic rings. The molecule has 0 aliphatic carbocycles. The van der Waals surface area contributed by atoms with Crippen LogP contribution in [0.25, 0.3) is 10.9 Å². The number of fused-ring (bicyclic) bond motifs is 1. The Labute approximate surface area is 181 Å². The van der Waals surface area contributed by atoms with Gasteiger partial charge in [-0.2, -0.15) is 0 Å². The highest BCUT2D eigenvalue weighted by atomic mass is 35.5. The summed E-state index contributed by atoms with van der Waals surface area (Å²) in [5.41, 5.74) is 3.19. The number of methoxy groups -OCH3 is 3. The van der Waals surface area contributed by atoms with Gasteiger partial charge in [0.2, 0.25) is 0 Å². The fraction of sp³-hybridized carbons (Fsp3) is 0.304. The van der Waals surface area contributed by atoms with Gasteiger partial charge in [-0.15, -0.1) is 0 Å². The Hall–Kier alpha value is -2.83. The van der Waals surface area contributed by atoms with E-state index in [0.717, 1.165) is 22.0 Å². The van der Waals surface area contributed by atoms with Crippen molar-refractivity contribution >= 4 is 28.4 Å². The molecule has 7 heteroatoms. The number of carbonyl (C=O) groups is 1. The molecule has 1 heterocycles. The summed E-state index contributed by atoms with van der Waals surface area (Å²) in [6.45, 7) is 3.12. The van der Waals surface area contributed by atoms with E-state index >= 15 is 0 Å². The van der Waals surface area contributed by atoms with Gasteiger partial charge in [-0.1, -0.05) is 23.2 Å². The Kier molecular flexibility index (Phi) is 7.13. The molecule has 158 valence electrons. The SMILES string of the molecule is COCCN(Cc1cc2cc(C)ccc2nc1Cl)C(=O)c1cc(OC)cc(OC)c1. The molecule has 3 aromatic rings. The van der Waals surface area contributed by atoms with E-state index in [1.54, 1.807) is 44.4 Å². The number of amides is 1. The van der Waals surface area contributed by atoms with E-state index in [9.17, 15) is 4.79 Å². The molecule has 0 fully saturated rings. The van der Waals surface area contributed by atoms with Crippen LogP contribution in [0.2, 0.25) is 5.15 Å². The van der Waals surface area contributed by atoms with Crippen molar-refractivity contribution in [1.29, 1.82) is 0 Å². The lowest BCUT2D eigenvalue weighted by atomic mass is 10.1. The van der Waals surface area contributed by atoms with Crippen molar-refractivity contribution in [2.75, 3.05) is 34.5 Å². The molecular weight excluding hydrogens is 404 g/mol. The van der Waals surface area contributed by atoms with Crippen molar-refractivity contribution in [3.8, 4) is 11.5 Å². The molecule has 0 radical (unpaired) electrons. The smallest absolute Gasteiger partial charge is 0.254 e. The van der Waals surface area contributed by atoms with Crippen LogP contribution in [0.4, 0.5) is 0 Å². The van der Waals surface area contributed by atoms with Crippen molar-refractivity contribution in [1.82, 2.24) is 9.88 Å². The molecule has 6 nitrogen and oxygen atoms in total. The average molecular weight is 429 g/mol. The summed E-state index contributed by atoms with van der Waals surface area (Å²) in [6.07, 6.45) is 0. The van der Waals surface area contributed by atoms with Gasteiger partial charge in [0, 0.05) is 42.8 Å². The molecule has 0 saturated heterocycles. The number of rotatable bonds is 8. The van der Waals surface area contributed by atoms with Crippen LogP contribution < -0.4 is 9.47 Å². The van der Waals surface area contributed by atoms with E-state index in [0.29, 0.717) is 41.9 Å². The highest BCUT2D eigenvalue weighted by molar-refractivity contribution is 6.30. The third kappa shape index (κ3) is 5.01. The van der Waals surface area contributed by atoms with E-state index in [1.807, 2.05) is 25.1 Å². The highest BCUT2D eigenvalue weighted by Gasteiger charge is 2.20. The quantitative estimate of drug-likeness (QED) is 0.494. The van der Waals surface area contributed by atoms with Crippen LogP contribution in [0.5, 0.6) is 11.5 Å². The number of nitrogens with zero attached hydrogens (tertiary/aromatic N) is 2. The summed E-state index contributed by atoms with van der Waals surface area (Å²) >= 11 is 6.45. The second-order valence-corrected chi connectivity index (χ2v) is 7.31. The van der Waals surface area contributed by atoms with Crippen LogP contribution >= 0.6 is 11.6 Å². The minimum atomic E-state index is -0.176. The maximum absolute atomic E-state index is 13.3. The number of aryl methyl sites for hydroxylation is 1. The number of hydrogen-bond donors (Lipinski definition) is 0. The lowest BCUT2D eigenvalue weighted by molar-refractivity contribution is 0.0679. The maximum Gasteiger partial charge on any atom is 0.254 e. The molecule has 2 aromatic carbocycles. The highest BCUT2D eigenvalue weighted by Crippen LogP contribution is 2.26. The monoisotopic (exact) mass is 428 g/mol. The first-order chi connectivity index (χ1) is 14.4. The topological polar surface area (TPSA) is 60.9 Å². The molecule has 0 aliphatic heterocycles. The van der Waals surface area contributed by atoms with Crippen LogP contribution in [-0.4, -0.2) is 50.3 Å². The lowest BCUT2D eigenvalue weighted by Gasteiger charge is -2.23. The second-order valence-electron chi connectivity index (χ2n) is 6.96. The van der Waals surface area contributed by atoms with E-state index in [-0.39, 0.29) is 5.91 Å². The fourth-order valence-electron chi connectivity index (χ4n) is 3.20. The van der Waals surface area contributed by atoms with E-state index in [2.05, 4.69) is 11.1 Å². The van der Waals surface area contributed by atoms with Gasteiger partial charge in [0.25, 0.3) is 5.91 Å². The molecule has 0 bridgehead atoms. The van der Waals surface area contributed by atoms with Gasteiger partial charge in [0.05, 0.1) is 26.3 Å². The summed E-state index contributed by atoms with van der Waals surface area (Å²) in [6, 6.07) is 13.1. The molecule has 30 heavy (non-hydrogen) atoms. The fourth-order valence-corrected chi connectivity index (χ4v) is 3.41. The van der Waals surface area contributed by atoms with Gasteiger partial charge in [0.15, 0.2) is 0 Å². The predicted octanol–water partition coefficient (Wildman–Crippen LogP) is 4.50. The van der Waals surface area contributed by atoms with Gasteiger partial charge in [-0.3, -0.25) is 4.79 Å². The third-order valence-electron chi connectivity index (χ3n) is 4.81. The first-order valence-corrected chi connectivity index (χ1v) is 9.90. The Morgan fingerprint density at radius 3 is 2.37 bits per heavy atom. The number of halogens is 1. The third-order valence-corrected chi connectivity index (χ3v) is 5.14. The summed E-state index contributed by atoms with van der Waals surface area (Å²) in [5, 5.41) is 1.36. The Morgan fingerprint density at radius 1 is 1.03 bits per heavy atom. The molecule has 0 atom stereocenters. The first-order valence-electron chi connectivity index (χ1n) is 9.52. The van der Waals surface area contributed by atoms with Crippen LogP contribution in [0.15, 0.2) is 42.5 Å². The van der Waals surface area contributed by atoms with E-state index < -0.39 is 0 Å². The zero-order chi connectivity index (χ0) is 21.7. The number of carbonyl (C=O) groups excluding carboxylic acids is 1. The van der Waals surface area contributed by atoms with Crippen molar-refractivity contribution < 1.29 is 19.0 Å². The van der Waals surface area contributed by atoms with Gasteiger partial charge >= 0.3 is 0 Å². The minimum absolute atomic E-state index is 0.176. The normalized spacial score (nSPS) is 10.8. The van der Waals surface area contributed by atoms with E-state index in [4.69, 9.17) is 25.8 Å².